The molecule has 7 nitrogen and oxygen atoms in total. The minimum Gasteiger partial charge on any atom is -0.343 e. The lowest BCUT2D eigenvalue weighted by molar-refractivity contribution is -0.385. The molecule has 2 N–H and O–H groups in total. The predicted octanol–water partition coefficient (Wildman–Crippen LogP) is 2.89. The molecule has 2 amide bonds. The molecule has 2 rings (SSSR count). The number of nitro benzene ring substituents is 1. The van der Waals surface area contributed by atoms with Gasteiger partial charge in [0, 0.05) is 22.9 Å². The molecule has 0 fully saturated rings. The van der Waals surface area contributed by atoms with E-state index in [0.29, 0.717) is 11.3 Å². The minimum atomic E-state index is -0.543. The van der Waals surface area contributed by atoms with E-state index in [9.17, 15) is 19.7 Å². The van der Waals surface area contributed by atoms with Crippen LogP contribution in [-0.2, 0) is 4.79 Å². The molecule has 0 atom stereocenters. The van der Waals surface area contributed by atoms with Crippen molar-refractivity contribution < 1.29 is 14.5 Å². The highest BCUT2D eigenvalue weighted by molar-refractivity contribution is 5.99. The van der Waals surface area contributed by atoms with Crippen LogP contribution < -0.4 is 10.6 Å². The Kier molecular flexibility index (Phi) is 5.49. The van der Waals surface area contributed by atoms with Gasteiger partial charge < -0.3 is 10.6 Å². The van der Waals surface area contributed by atoms with Crippen LogP contribution in [0.3, 0.4) is 0 Å². The summed E-state index contributed by atoms with van der Waals surface area (Å²) in [6.07, 6.45) is 0. The zero-order chi connectivity index (χ0) is 18.6. The Morgan fingerprint density at radius 3 is 2.40 bits per heavy atom. The molecule has 0 radical (unpaired) electrons. The summed E-state index contributed by atoms with van der Waals surface area (Å²) in [5.74, 6) is -0.916. The fourth-order valence-corrected chi connectivity index (χ4v) is 2.36. The first-order valence-electron chi connectivity index (χ1n) is 7.68. The van der Waals surface area contributed by atoms with Crippen LogP contribution in [0.5, 0.6) is 0 Å². The Hall–Kier alpha value is -3.22. The van der Waals surface area contributed by atoms with Crippen molar-refractivity contribution in [1.82, 2.24) is 5.32 Å². The van der Waals surface area contributed by atoms with E-state index in [4.69, 9.17) is 0 Å². The van der Waals surface area contributed by atoms with Crippen molar-refractivity contribution >= 4 is 23.2 Å². The van der Waals surface area contributed by atoms with E-state index >= 15 is 0 Å². The molecular formula is C18H19N3O4. The molecule has 0 aliphatic carbocycles. The van der Waals surface area contributed by atoms with E-state index in [2.05, 4.69) is 10.6 Å². The van der Waals surface area contributed by atoms with Gasteiger partial charge in [-0.15, -0.1) is 0 Å². The van der Waals surface area contributed by atoms with Crippen molar-refractivity contribution in [2.75, 3.05) is 11.9 Å². The monoisotopic (exact) mass is 341 g/mol. The van der Waals surface area contributed by atoms with Gasteiger partial charge in [0.2, 0.25) is 5.91 Å². The average Bonchev–Trinajstić information content (AvgIpc) is 2.55. The van der Waals surface area contributed by atoms with E-state index in [0.717, 1.165) is 11.1 Å². The van der Waals surface area contributed by atoms with E-state index in [1.807, 2.05) is 26.0 Å². The molecule has 0 saturated heterocycles. The first-order chi connectivity index (χ1) is 11.8. The number of hydrogen-bond acceptors (Lipinski definition) is 4. The van der Waals surface area contributed by atoms with E-state index in [-0.39, 0.29) is 23.7 Å². The molecule has 2 aromatic rings. The summed E-state index contributed by atoms with van der Waals surface area (Å²) < 4.78 is 0. The van der Waals surface area contributed by atoms with Gasteiger partial charge in [0.15, 0.2) is 0 Å². The van der Waals surface area contributed by atoms with Gasteiger partial charge in [0.1, 0.15) is 0 Å². The third-order valence-electron chi connectivity index (χ3n) is 3.73. The Morgan fingerprint density at radius 2 is 1.76 bits per heavy atom. The molecule has 0 spiro atoms. The number of amides is 2. The number of carbonyl (C=O) groups excluding carboxylic acids is 2. The Bertz CT molecular complexity index is 846. The summed E-state index contributed by atoms with van der Waals surface area (Å²) in [4.78, 5) is 34.5. The van der Waals surface area contributed by atoms with E-state index in [1.54, 1.807) is 13.0 Å². The molecule has 7 heteroatoms. The van der Waals surface area contributed by atoms with E-state index < -0.39 is 10.8 Å². The van der Waals surface area contributed by atoms with Crippen LogP contribution in [-0.4, -0.2) is 23.3 Å². The van der Waals surface area contributed by atoms with Crippen LogP contribution in [0, 0.1) is 30.9 Å². The summed E-state index contributed by atoms with van der Waals surface area (Å²) in [6, 6.07) is 9.81. The number of nitrogens with zero attached hydrogens (tertiary/aromatic N) is 1. The molecular weight excluding hydrogens is 322 g/mol. The summed E-state index contributed by atoms with van der Waals surface area (Å²) in [7, 11) is 0. The second kappa shape index (κ2) is 7.57. The maximum atomic E-state index is 12.1. The van der Waals surface area contributed by atoms with Gasteiger partial charge in [0.05, 0.1) is 11.5 Å². The van der Waals surface area contributed by atoms with Gasteiger partial charge in [-0.1, -0.05) is 23.8 Å². The van der Waals surface area contributed by atoms with Crippen molar-refractivity contribution in [3.63, 3.8) is 0 Å². The standard InChI is InChI=1S/C18H19N3O4/c1-11-4-7-15(13(3)8-11)20-17(22)10-19-18(23)14-6-5-12(2)16(9-14)21(24)25/h4-9H,10H2,1-3H3,(H,19,23)(H,20,22). The number of aryl methyl sites for hydroxylation is 3. The third-order valence-corrected chi connectivity index (χ3v) is 3.73. The van der Waals surface area contributed by atoms with Crippen LogP contribution in [0.1, 0.15) is 27.0 Å². The number of carbonyl (C=O) groups is 2. The third kappa shape index (κ3) is 4.63. The lowest BCUT2D eigenvalue weighted by atomic mass is 10.1. The number of hydrogen-bond donors (Lipinski definition) is 2. The zero-order valence-corrected chi connectivity index (χ0v) is 14.3. The molecule has 0 bridgehead atoms. The number of nitrogens with one attached hydrogen (secondary N) is 2. The van der Waals surface area contributed by atoms with Gasteiger partial charge in [-0.3, -0.25) is 19.7 Å². The summed E-state index contributed by atoms with van der Waals surface area (Å²) in [5.41, 5.74) is 3.16. The van der Waals surface area contributed by atoms with Crippen LogP contribution in [0.25, 0.3) is 0 Å². The fraction of sp³-hybridized carbons (Fsp3) is 0.222. The van der Waals surface area contributed by atoms with Crippen molar-refractivity contribution in [3.8, 4) is 0 Å². The second-order valence-electron chi connectivity index (χ2n) is 5.81. The largest absolute Gasteiger partial charge is 0.343 e. The SMILES string of the molecule is Cc1ccc(NC(=O)CNC(=O)c2ccc(C)c([N+](=O)[O-])c2)c(C)c1. The Balaban J connectivity index is 1.98. The predicted molar refractivity (Wildman–Crippen MR) is 94.7 cm³/mol. The summed E-state index contributed by atoms with van der Waals surface area (Å²) >= 11 is 0. The minimum absolute atomic E-state index is 0.132. The summed E-state index contributed by atoms with van der Waals surface area (Å²) in [6.45, 7) is 5.21. The Labute approximate surface area is 145 Å². The molecule has 0 aromatic heterocycles. The molecule has 0 unspecified atom stereocenters. The van der Waals surface area contributed by atoms with Crippen LogP contribution in [0.15, 0.2) is 36.4 Å². The van der Waals surface area contributed by atoms with Gasteiger partial charge >= 0.3 is 0 Å². The van der Waals surface area contributed by atoms with Crippen LogP contribution in [0.2, 0.25) is 0 Å². The van der Waals surface area contributed by atoms with Crippen molar-refractivity contribution in [3.05, 3.63) is 68.8 Å². The topological polar surface area (TPSA) is 101 Å². The highest BCUT2D eigenvalue weighted by Crippen LogP contribution is 2.19. The molecule has 0 heterocycles. The van der Waals surface area contributed by atoms with Gasteiger partial charge in [0.25, 0.3) is 11.6 Å². The molecule has 25 heavy (non-hydrogen) atoms. The summed E-state index contributed by atoms with van der Waals surface area (Å²) in [5, 5.41) is 16.1. The molecule has 0 saturated carbocycles. The molecule has 0 aliphatic rings. The average molecular weight is 341 g/mol. The molecule has 2 aromatic carbocycles. The van der Waals surface area contributed by atoms with Gasteiger partial charge in [-0.05, 0) is 38.5 Å². The molecule has 0 aliphatic heterocycles. The number of anilines is 1. The normalized spacial score (nSPS) is 10.2. The second-order valence-corrected chi connectivity index (χ2v) is 5.81. The highest BCUT2D eigenvalue weighted by Gasteiger charge is 2.15. The van der Waals surface area contributed by atoms with Gasteiger partial charge in [-0.25, -0.2) is 0 Å². The van der Waals surface area contributed by atoms with Crippen molar-refractivity contribution in [1.29, 1.82) is 0 Å². The fourth-order valence-electron chi connectivity index (χ4n) is 2.36. The van der Waals surface area contributed by atoms with Crippen LogP contribution >= 0.6 is 0 Å². The molecule has 130 valence electrons. The van der Waals surface area contributed by atoms with Gasteiger partial charge in [-0.2, -0.15) is 0 Å². The maximum absolute atomic E-state index is 12.1. The van der Waals surface area contributed by atoms with Crippen LogP contribution in [0.4, 0.5) is 11.4 Å². The lowest BCUT2D eigenvalue weighted by Gasteiger charge is -2.10. The first kappa shape index (κ1) is 18.1. The van der Waals surface area contributed by atoms with Crippen molar-refractivity contribution in [2.45, 2.75) is 20.8 Å². The van der Waals surface area contributed by atoms with Crippen molar-refractivity contribution in [2.24, 2.45) is 0 Å². The highest BCUT2D eigenvalue weighted by atomic mass is 16.6. The quantitative estimate of drug-likeness (QED) is 0.645. The number of benzene rings is 2. The zero-order valence-electron chi connectivity index (χ0n) is 14.3. The smallest absolute Gasteiger partial charge is 0.273 e. The number of nitro groups is 1. The first-order valence-corrected chi connectivity index (χ1v) is 7.68. The maximum Gasteiger partial charge on any atom is 0.273 e. The number of rotatable bonds is 5. The lowest BCUT2D eigenvalue weighted by Crippen LogP contribution is -2.33. The van der Waals surface area contributed by atoms with E-state index in [1.165, 1.54) is 18.2 Å². The Morgan fingerprint density at radius 1 is 1.04 bits per heavy atom.